The van der Waals surface area contributed by atoms with Crippen LogP contribution in [-0.2, 0) is 17.7 Å². The number of aryl methyl sites for hydroxylation is 2. The van der Waals surface area contributed by atoms with Crippen LogP contribution in [0.2, 0.25) is 0 Å². The molecule has 3 aromatic carbocycles. The van der Waals surface area contributed by atoms with Crippen molar-refractivity contribution in [1.29, 1.82) is 0 Å². The third kappa shape index (κ3) is 5.80. The second-order valence-electron chi connectivity index (χ2n) is 9.02. The SMILES string of the molecule is CCc1ccccc1NC(=S)N/N=C/c1ccc2c(c1)CCC1C2=NOC1c1ccc(OC(F)(F)F)cc1. The molecule has 1 heterocycles. The van der Waals surface area contributed by atoms with Gasteiger partial charge in [-0.1, -0.05) is 54.5 Å². The molecule has 1 aliphatic carbocycles. The molecule has 0 aromatic heterocycles. The molecule has 1 aliphatic heterocycles. The van der Waals surface area contributed by atoms with E-state index in [1.807, 2.05) is 30.3 Å². The van der Waals surface area contributed by atoms with Crippen LogP contribution >= 0.6 is 12.2 Å². The molecular formula is C28H25F3N4O2S. The van der Waals surface area contributed by atoms with E-state index in [4.69, 9.17) is 17.1 Å². The Morgan fingerprint density at radius 1 is 1.16 bits per heavy atom. The van der Waals surface area contributed by atoms with Gasteiger partial charge in [0.2, 0.25) is 0 Å². The van der Waals surface area contributed by atoms with Gasteiger partial charge in [0.05, 0.1) is 11.9 Å². The molecule has 0 bridgehead atoms. The van der Waals surface area contributed by atoms with Gasteiger partial charge in [-0.05, 0) is 78.0 Å². The zero-order valence-corrected chi connectivity index (χ0v) is 21.3. The average Bonchev–Trinajstić information content (AvgIpc) is 3.33. The number of para-hydroxylation sites is 1. The number of anilines is 1. The van der Waals surface area contributed by atoms with Crippen molar-refractivity contribution in [3.8, 4) is 5.75 Å². The van der Waals surface area contributed by atoms with Gasteiger partial charge >= 0.3 is 6.36 Å². The number of halogens is 3. The van der Waals surface area contributed by atoms with Crippen LogP contribution in [0.25, 0.3) is 0 Å². The van der Waals surface area contributed by atoms with Crippen LogP contribution in [0.4, 0.5) is 18.9 Å². The molecule has 3 aromatic rings. The van der Waals surface area contributed by atoms with Crippen molar-refractivity contribution in [2.75, 3.05) is 5.32 Å². The number of fused-ring (bicyclic) bond motifs is 3. The largest absolute Gasteiger partial charge is 0.573 e. The molecular weight excluding hydrogens is 513 g/mol. The monoisotopic (exact) mass is 538 g/mol. The maximum atomic E-state index is 12.5. The molecule has 2 atom stereocenters. The summed E-state index contributed by atoms with van der Waals surface area (Å²) in [5.41, 5.74) is 9.67. The Hall–Kier alpha value is -3.92. The van der Waals surface area contributed by atoms with Crippen LogP contribution in [0.1, 0.15) is 47.3 Å². The Bertz CT molecular complexity index is 1390. The van der Waals surface area contributed by atoms with Gasteiger partial charge in [0.15, 0.2) is 11.2 Å². The number of nitrogens with one attached hydrogen (secondary N) is 2. The normalized spacial score (nSPS) is 18.3. The number of hydrogen-bond donors (Lipinski definition) is 2. The molecule has 10 heteroatoms. The molecule has 5 rings (SSSR count). The van der Waals surface area contributed by atoms with E-state index in [1.54, 1.807) is 18.3 Å². The quantitative estimate of drug-likeness (QED) is 0.213. The summed E-state index contributed by atoms with van der Waals surface area (Å²) in [7, 11) is 0. The highest BCUT2D eigenvalue weighted by Crippen LogP contribution is 2.42. The summed E-state index contributed by atoms with van der Waals surface area (Å²) in [6.07, 6.45) is -0.844. The van der Waals surface area contributed by atoms with Crippen LogP contribution in [-0.4, -0.2) is 23.4 Å². The Labute approximate surface area is 223 Å². The van der Waals surface area contributed by atoms with E-state index < -0.39 is 6.36 Å². The van der Waals surface area contributed by atoms with Gasteiger partial charge in [-0.15, -0.1) is 13.2 Å². The lowest BCUT2D eigenvalue weighted by atomic mass is 9.78. The van der Waals surface area contributed by atoms with Crippen molar-refractivity contribution in [3.05, 3.63) is 94.5 Å². The zero-order chi connectivity index (χ0) is 26.7. The number of thiocarbonyl (C=S) groups is 1. The van der Waals surface area contributed by atoms with Crippen molar-refractivity contribution in [2.24, 2.45) is 16.2 Å². The van der Waals surface area contributed by atoms with Crippen LogP contribution in [0.5, 0.6) is 5.75 Å². The molecule has 0 radical (unpaired) electrons. The predicted octanol–water partition coefficient (Wildman–Crippen LogP) is 6.51. The Balaban J connectivity index is 1.21. The molecule has 0 amide bonds. The molecule has 0 saturated carbocycles. The van der Waals surface area contributed by atoms with Crippen LogP contribution < -0.4 is 15.5 Å². The molecule has 6 nitrogen and oxygen atoms in total. The molecule has 2 unspecified atom stereocenters. The number of ether oxygens (including phenoxy) is 1. The van der Waals surface area contributed by atoms with Gasteiger partial charge in [-0.2, -0.15) is 5.10 Å². The van der Waals surface area contributed by atoms with E-state index in [2.05, 4.69) is 44.8 Å². The Morgan fingerprint density at radius 3 is 2.71 bits per heavy atom. The second kappa shape index (κ2) is 10.8. The maximum Gasteiger partial charge on any atom is 0.573 e. The Morgan fingerprint density at radius 2 is 1.95 bits per heavy atom. The van der Waals surface area contributed by atoms with E-state index in [0.29, 0.717) is 5.11 Å². The van der Waals surface area contributed by atoms with Crippen molar-refractivity contribution >= 4 is 34.9 Å². The van der Waals surface area contributed by atoms with Gasteiger partial charge in [0.25, 0.3) is 0 Å². The van der Waals surface area contributed by atoms with Crippen molar-refractivity contribution < 1.29 is 22.7 Å². The number of oxime groups is 1. The van der Waals surface area contributed by atoms with Crippen LogP contribution in [0.3, 0.4) is 0 Å². The minimum atomic E-state index is -4.72. The highest BCUT2D eigenvalue weighted by atomic mass is 32.1. The van der Waals surface area contributed by atoms with E-state index in [-0.39, 0.29) is 17.8 Å². The highest BCUT2D eigenvalue weighted by Gasteiger charge is 2.39. The minimum Gasteiger partial charge on any atom is -0.406 e. The highest BCUT2D eigenvalue weighted by molar-refractivity contribution is 7.80. The first kappa shape index (κ1) is 25.7. The molecule has 0 spiro atoms. The maximum absolute atomic E-state index is 12.5. The summed E-state index contributed by atoms with van der Waals surface area (Å²) in [6, 6.07) is 19.8. The van der Waals surface area contributed by atoms with E-state index in [0.717, 1.165) is 52.9 Å². The summed E-state index contributed by atoms with van der Waals surface area (Å²) >= 11 is 5.37. The molecule has 0 fully saturated rings. The fourth-order valence-electron chi connectivity index (χ4n) is 4.82. The first-order chi connectivity index (χ1) is 18.3. The summed E-state index contributed by atoms with van der Waals surface area (Å²) in [5.74, 6) is -0.243. The van der Waals surface area contributed by atoms with E-state index in [9.17, 15) is 13.2 Å². The lowest BCUT2D eigenvalue weighted by molar-refractivity contribution is -0.274. The summed E-state index contributed by atoms with van der Waals surface area (Å²) in [4.78, 5) is 5.74. The third-order valence-electron chi connectivity index (χ3n) is 6.58. The van der Waals surface area contributed by atoms with Crippen molar-refractivity contribution in [1.82, 2.24) is 5.43 Å². The topological polar surface area (TPSA) is 67.2 Å². The average molecular weight is 539 g/mol. The van der Waals surface area contributed by atoms with Gasteiger partial charge < -0.3 is 14.9 Å². The fourth-order valence-corrected chi connectivity index (χ4v) is 4.98. The van der Waals surface area contributed by atoms with Crippen molar-refractivity contribution in [3.63, 3.8) is 0 Å². The first-order valence-corrected chi connectivity index (χ1v) is 12.6. The van der Waals surface area contributed by atoms with Gasteiger partial charge in [-0.3, -0.25) is 5.43 Å². The zero-order valence-electron chi connectivity index (χ0n) is 20.5. The van der Waals surface area contributed by atoms with Gasteiger partial charge in [0.1, 0.15) is 5.75 Å². The van der Waals surface area contributed by atoms with E-state index in [1.165, 1.54) is 17.7 Å². The predicted molar refractivity (Wildman–Crippen MR) is 145 cm³/mol. The van der Waals surface area contributed by atoms with Gasteiger partial charge in [0, 0.05) is 17.2 Å². The molecule has 2 aliphatic rings. The number of rotatable bonds is 6. The number of hydrazone groups is 1. The Kier molecular flexibility index (Phi) is 7.33. The standard InChI is InChI=1S/C28H25F3N4O2S/c1-2-18-5-3-4-6-24(18)33-27(38)34-32-16-17-7-13-22-20(15-17)10-14-23-25(22)35-37-26(23)19-8-11-21(12-9-19)36-28(29,30)31/h3-9,11-13,15-16,23,26H,2,10,14H2,1H3,(H2,33,34,38)/b32-16+. The van der Waals surface area contributed by atoms with Crippen LogP contribution in [0, 0.1) is 5.92 Å². The number of alkyl halides is 3. The first-order valence-electron chi connectivity index (χ1n) is 12.2. The van der Waals surface area contributed by atoms with Crippen LogP contribution in [0.15, 0.2) is 77.0 Å². The van der Waals surface area contributed by atoms with Gasteiger partial charge in [-0.25, -0.2) is 0 Å². The number of benzene rings is 3. The molecule has 38 heavy (non-hydrogen) atoms. The lowest BCUT2D eigenvalue weighted by Gasteiger charge is -2.25. The van der Waals surface area contributed by atoms with E-state index >= 15 is 0 Å². The molecule has 196 valence electrons. The molecule has 2 N–H and O–H groups in total. The summed E-state index contributed by atoms with van der Waals surface area (Å²) < 4.78 is 41.3. The summed E-state index contributed by atoms with van der Waals surface area (Å²) in [6.45, 7) is 2.09. The third-order valence-corrected chi connectivity index (χ3v) is 6.77. The van der Waals surface area contributed by atoms with Crippen molar-refractivity contribution in [2.45, 2.75) is 38.7 Å². The minimum absolute atomic E-state index is 0.0208. The number of hydrogen-bond acceptors (Lipinski definition) is 5. The number of nitrogens with zero attached hydrogens (tertiary/aromatic N) is 2. The lowest BCUT2D eigenvalue weighted by Crippen LogP contribution is -2.25. The smallest absolute Gasteiger partial charge is 0.406 e. The fraction of sp³-hybridized carbons (Fsp3) is 0.250. The second-order valence-corrected chi connectivity index (χ2v) is 9.42. The molecule has 0 saturated heterocycles. The summed E-state index contributed by atoms with van der Waals surface area (Å²) in [5, 5.41) is 12.2.